The van der Waals surface area contributed by atoms with E-state index in [9.17, 15) is 14.4 Å². The van der Waals surface area contributed by atoms with E-state index >= 15 is 0 Å². The molecule has 1 aromatic heterocycles. The lowest BCUT2D eigenvalue weighted by Crippen LogP contribution is -2.38. The van der Waals surface area contributed by atoms with Crippen LogP contribution < -0.4 is 10.1 Å². The summed E-state index contributed by atoms with van der Waals surface area (Å²) in [5.41, 5.74) is 2.95. The van der Waals surface area contributed by atoms with Crippen molar-refractivity contribution in [3.05, 3.63) is 105 Å². The molecule has 3 aromatic carbocycles. The Morgan fingerprint density at radius 2 is 1.81 bits per heavy atom. The molecular weight excluding hydrogens is 622 g/mol. The predicted octanol–water partition coefficient (Wildman–Crippen LogP) is 6.10. The van der Waals surface area contributed by atoms with Gasteiger partial charge >= 0.3 is 6.03 Å². The third-order valence-electron chi connectivity index (χ3n) is 7.22. The maximum atomic E-state index is 13.9. The van der Waals surface area contributed by atoms with Gasteiger partial charge in [-0.05, 0) is 35.4 Å². The fourth-order valence-corrected chi connectivity index (χ4v) is 5.64. The van der Waals surface area contributed by atoms with Gasteiger partial charge in [0.15, 0.2) is 6.61 Å². The Morgan fingerprint density at radius 3 is 2.48 bits per heavy atom. The topological polar surface area (TPSA) is 108 Å². The number of carbonyl (C=O) groups excluding carboxylic acids is 3. The molecule has 1 saturated heterocycles. The zero-order valence-electron chi connectivity index (χ0n) is 23.2. The molecule has 11 heteroatoms. The first kappa shape index (κ1) is 29.3. The zero-order valence-corrected chi connectivity index (χ0v) is 25.5. The molecule has 0 spiro atoms. The molecule has 1 aliphatic rings. The normalized spacial score (nSPS) is 16.2. The van der Waals surface area contributed by atoms with Crippen LogP contribution in [0, 0.1) is 0 Å². The van der Waals surface area contributed by atoms with Gasteiger partial charge < -0.3 is 19.9 Å². The first-order chi connectivity index (χ1) is 20.1. The van der Waals surface area contributed by atoms with Gasteiger partial charge in [-0.1, -0.05) is 83.0 Å². The van der Waals surface area contributed by atoms with Crippen molar-refractivity contribution in [2.75, 3.05) is 20.7 Å². The van der Waals surface area contributed by atoms with Crippen molar-refractivity contribution in [2.45, 2.75) is 24.9 Å². The number of urea groups is 1. The van der Waals surface area contributed by atoms with Crippen LogP contribution in [0.15, 0.2) is 83.5 Å². The van der Waals surface area contributed by atoms with Crippen LogP contribution in [0.5, 0.6) is 5.75 Å². The second kappa shape index (κ2) is 12.4. The summed E-state index contributed by atoms with van der Waals surface area (Å²) in [4.78, 5) is 49.8. The summed E-state index contributed by atoms with van der Waals surface area (Å²) in [7, 11) is 3.31. The van der Waals surface area contributed by atoms with E-state index < -0.39 is 24.0 Å². The molecule has 2 N–H and O–H groups in total. The summed E-state index contributed by atoms with van der Waals surface area (Å²) in [6.07, 6.45) is 1.66. The van der Waals surface area contributed by atoms with Crippen molar-refractivity contribution in [1.29, 1.82) is 0 Å². The molecule has 1 unspecified atom stereocenters. The molecule has 2 heterocycles. The standard InChI is InChI=1S/C31H29BrClN5O4/c1-18(19-7-5-4-6-8-19)28(29-34-16-25(35-29)23-14-11-21(32)15-24(23)33)38-30(40)27(36-31(38)41)20-9-12-22(13-10-20)42-17-26(39)37(2)3/h4-16,18,27-28H,17H2,1-3H3,(H,34,35)(H,36,41)/t18-,27+,28?/m0/s1. The number of imidazole rings is 1. The number of aromatic amines is 1. The van der Waals surface area contributed by atoms with E-state index in [4.69, 9.17) is 16.3 Å². The number of amides is 4. The smallest absolute Gasteiger partial charge is 0.325 e. The van der Waals surface area contributed by atoms with Crippen LogP contribution >= 0.6 is 27.5 Å². The summed E-state index contributed by atoms with van der Waals surface area (Å²) >= 11 is 9.92. The number of rotatable bonds is 9. The van der Waals surface area contributed by atoms with Crippen molar-refractivity contribution in [1.82, 2.24) is 25.1 Å². The number of aromatic nitrogens is 2. The molecule has 0 bridgehead atoms. The largest absolute Gasteiger partial charge is 0.484 e. The highest BCUT2D eigenvalue weighted by atomic mass is 79.9. The van der Waals surface area contributed by atoms with E-state index in [0.29, 0.717) is 27.9 Å². The zero-order chi connectivity index (χ0) is 30.0. The van der Waals surface area contributed by atoms with Crippen LogP contribution in [0.2, 0.25) is 5.02 Å². The maximum absolute atomic E-state index is 13.9. The van der Waals surface area contributed by atoms with E-state index in [2.05, 4.69) is 31.2 Å². The van der Waals surface area contributed by atoms with Crippen LogP contribution in [0.4, 0.5) is 4.79 Å². The lowest BCUT2D eigenvalue weighted by Gasteiger charge is -2.29. The van der Waals surface area contributed by atoms with E-state index in [1.165, 1.54) is 9.80 Å². The van der Waals surface area contributed by atoms with Crippen LogP contribution in [0.25, 0.3) is 11.3 Å². The van der Waals surface area contributed by atoms with Crippen LogP contribution in [0.3, 0.4) is 0 Å². The first-order valence-corrected chi connectivity index (χ1v) is 14.4. The molecule has 42 heavy (non-hydrogen) atoms. The summed E-state index contributed by atoms with van der Waals surface area (Å²) in [6.45, 7) is 1.86. The number of likely N-dealkylation sites (N-methyl/N-ethyl adjacent to an activating group) is 1. The van der Waals surface area contributed by atoms with Gasteiger partial charge in [-0.25, -0.2) is 9.78 Å². The summed E-state index contributed by atoms with van der Waals surface area (Å²) < 4.78 is 6.39. The molecule has 216 valence electrons. The highest BCUT2D eigenvalue weighted by molar-refractivity contribution is 9.10. The molecule has 1 fully saturated rings. The Bertz CT molecular complexity index is 1610. The molecule has 3 atom stereocenters. The number of ether oxygens (including phenoxy) is 1. The van der Waals surface area contributed by atoms with Gasteiger partial charge in [0.1, 0.15) is 23.7 Å². The van der Waals surface area contributed by atoms with Crippen molar-refractivity contribution in [3.8, 4) is 17.0 Å². The molecule has 0 saturated carbocycles. The lowest BCUT2D eigenvalue weighted by atomic mass is 9.91. The summed E-state index contributed by atoms with van der Waals surface area (Å²) in [5.74, 6) is 0.0783. The van der Waals surface area contributed by atoms with Crippen LogP contribution in [-0.2, 0) is 9.59 Å². The average Bonchev–Trinajstić information content (AvgIpc) is 3.57. The van der Waals surface area contributed by atoms with Gasteiger partial charge in [-0.2, -0.15) is 0 Å². The first-order valence-electron chi connectivity index (χ1n) is 13.3. The Labute approximate surface area is 257 Å². The molecule has 4 amide bonds. The van der Waals surface area contributed by atoms with Crippen molar-refractivity contribution in [3.63, 3.8) is 0 Å². The highest BCUT2D eigenvalue weighted by Gasteiger charge is 2.46. The fourth-order valence-electron chi connectivity index (χ4n) is 4.87. The van der Waals surface area contributed by atoms with Crippen LogP contribution in [-0.4, -0.2) is 58.3 Å². The fraction of sp³-hybridized carbons (Fsp3) is 0.226. The summed E-state index contributed by atoms with van der Waals surface area (Å²) in [5, 5.41) is 3.36. The molecule has 5 rings (SSSR count). The number of halogens is 2. The Morgan fingerprint density at radius 1 is 1.10 bits per heavy atom. The lowest BCUT2D eigenvalue weighted by molar-refractivity contribution is -0.131. The number of hydrogen-bond acceptors (Lipinski definition) is 5. The third kappa shape index (κ3) is 6.05. The number of H-pyrrole nitrogens is 1. The summed E-state index contributed by atoms with van der Waals surface area (Å²) in [6, 6.07) is 19.8. The monoisotopic (exact) mass is 649 g/mol. The van der Waals surface area contributed by atoms with E-state index in [1.54, 1.807) is 50.6 Å². The number of hydrogen-bond donors (Lipinski definition) is 2. The Hall–Kier alpha value is -4.15. The molecule has 0 aliphatic carbocycles. The van der Waals surface area contributed by atoms with E-state index in [1.807, 2.05) is 49.4 Å². The maximum Gasteiger partial charge on any atom is 0.325 e. The average molecular weight is 651 g/mol. The van der Waals surface area contributed by atoms with Gasteiger partial charge in [0.05, 0.1) is 16.9 Å². The molecule has 1 aliphatic heterocycles. The van der Waals surface area contributed by atoms with Crippen molar-refractivity contribution >= 4 is 45.4 Å². The minimum absolute atomic E-state index is 0.102. The van der Waals surface area contributed by atoms with Gasteiger partial charge in [-0.3, -0.25) is 14.5 Å². The highest BCUT2D eigenvalue weighted by Crippen LogP contribution is 2.40. The molecular formula is C31H29BrClN5O4. The SMILES string of the molecule is C[C@@H](c1ccccc1)C(c1ncc(-c2ccc(Br)cc2Cl)[nH]1)N1C(=O)N[C@H](c2ccc(OCC(=O)N(C)C)cc2)C1=O. The molecule has 0 radical (unpaired) electrons. The number of carbonyl (C=O) groups is 3. The number of imide groups is 1. The van der Waals surface area contributed by atoms with Gasteiger partial charge in [-0.15, -0.1) is 0 Å². The molecule has 9 nitrogen and oxygen atoms in total. The predicted molar refractivity (Wildman–Crippen MR) is 163 cm³/mol. The number of benzene rings is 3. The Balaban J connectivity index is 1.45. The minimum atomic E-state index is -0.893. The van der Waals surface area contributed by atoms with Gasteiger partial charge in [0.25, 0.3) is 11.8 Å². The Kier molecular flexibility index (Phi) is 8.65. The number of nitrogens with zero attached hydrogens (tertiary/aromatic N) is 3. The van der Waals surface area contributed by atoms with E-state index in [-0.39, 0.29) is 18.4 Å². The van der Waals surface area contributed by atoms with Crippen molar-refractivity contribution < 1.29 is 19.1 Å². The second-order valence-corrected chi connectivity index (χ2v) is 11.5. The van der Waals surface area contributed by atoms with E-state index in [0.717, 1.165) is 15.6 Å². The minimum Gasteiger partial charge on any atom is -0.484 e. The quantitative estimate of drug-likeness (QED) is 0.213. The molecule has 4 aromatic rings. The van der Waals surface area contributed by atoms with Gasteiger partial charge in [0, 0.05) is 30.0 Å². The third-order valence-corrected chi connectivity index (χ3v) is 8.03. The van der Waals surface area contributed by atoms with Crippen LogP contribution in [0.1, 0.15) is 41.9 Å². The second-order valence-electron chi connectivity index (χ2n) is 10.2. The number of nitrogens with one attached hydrogen (secondary N) is 2. The van der Waals surface area contributed by atoms with Crippen molar-refractivity contribution in [2.24, 2.45) is 0 Å². The van der Waals surface area contributed by atoms with Gasteiger partial charge in [0.2, 0.25) is 0 Å².